The average Bonchev–Trinajstić information content (AvgIpc) is 2.60. The van der Waals surface area contributed by atoms with Crippen LogP contribution in [0.15, 0.2) is 23.8 Å². The standard InChI is InChI=1S/C15H20O4/c1-8-4-5-11(16)9(2)7-13-14(12(17)6-8)10(3)15(18)19-13/h6,10,12-14,17H,2,4-5,7H2,1,3H3. The van der Waals surface area contributed by atoms with Crippen molar-refractivity contribution in [2.75, 3.05) is 0 Å². The van der Waals surface area contributed by atoms with Gasteiger partial charge < -0.3 is 9.84 Å². The second-order valence-electron chi connectivity index (χ2n) is 5.58. The summed E-state index contributed by atoms with van der Waals surface area (Å²) >= 11 is 0. The van der Waals surface area contributed by atoms with Crippen molar-refractivity contribution in [2.24, 2.45) is 11.8 Å². The number of esters is 1. The number of carbonyl (C=O) groups excluding carboxylic acids is 2. The minimum absolute atomic E-state index is 0.0125. The van der Waals surface area contributed by atoms with Crippen LogP contribution < -0.4 is 0 Å². The molecule has 0 aromatic rings. The molecule has 1 saturated heterocycles. The summed E-state index contributed by atoms with van der Waals surface area (Å²) in [5.41, 5.74) is 1.44. The van der Waals surface area contributed by atoms with E-state index in [1.807, 2.05) is 6.92 Å². The van der Waals surface area contributed by atoms with Gasteiger partial charge in [-0.1, -0.05) is 25.2 Å². The van der Waals surface area contributed by atoms with E-state index in [4.69, 9.17) is 4.74 Å². The van der Waals surface area contributed by atoms with Crippen molar-refractivity contribution in [3.8, 4) is 0 Å². The maximum absolute atomic E-state index is 11.9. The molecule has 4 heteroatoms. The van der Waals surface area contributed by atoms with E-state index in [2.05, 4.69) is 6.58 Å². The first-order chi connectivity index (χ1) is 8.90. The summed E-state index contributed by atoms with van der Waals surface area (Å²) in [4.78, 5) is 23.6. The summed E-state index contributed by atoms with van der Waals surface area (Å²) in [5, 5.41) is 10.3. The quantitative estimate of drug-likeness (QED) is 0.411. The van der Waals surface area contributed by atoms with Crippen molar-refractivity contribution in [1.82, 2.24) is 0 Å². The third-order valence-electron chi connectivity index (χ3n) is 4.08. The van der Waals surface area contributed by atoms with Crippen molar-refractivity contribution < 1.29 is 19.4 Å². The number of rotatable bonds is 0. The Morgan fingerprint density at radius 3 is 2.74 bits per heavy atom. The minimum atomic E-state index is -0.715. The number of carbonyl (C=O) groups is 2. The molecule has 1 heterocycles. The van der Waals surface area contributed by atoms with E-state index < -0.39 is 12.2 Å². The molecule has 0 aromatic carbocycles. The van der Waals surface area contributed by atoms with Gasteiger partial charge in [-0.25, -0.2) is 0 Å². The predicted octanol–water partition coefficient (Wildman–Crippen LogP) is 1.78. The van der Waals surface area contributed by atoms with E-state index >= 15 is 0 Å². The van der Waals surface area contributed by atoms with Crippen LogP contribution in [0.4, 0.5) is 0 Å². The van der Waals surface area contributed by atoms with Crippen LogP contribution in [0.2, 0.25) is 0 Å². The Hall–Kier alpha value is -1.42. The first kappa shape index (κ1) is 14.0. The Labute approximate surface area is 113 Å². The molecule has 0 spiro atoms. The van der Waals surface area contributed by atoms with Crippen LogP contribution in [-0.4, -0.2) is 29.1 Å². The second-order valence-corrected chi connectivity index (χ2v) is 5.58. The molecule has 0 bridgehead atoms. The molecule has 1 fully saturated rings. The fourth-order valence-corrected chi connectivity index (χ4v) is 2.84. The molecule has 0 saturated carbocycles. The normalized spacial score (nSPS) is 36.6. The molecular formula is C15H20O4. The lowest BCUT2D eigenvalue weighted by Gasteiger charge is -2.24. The van der Waals surface area contributed by atoms with Gasteiger partial charge in [-0.15, -0.1) is 0 Å². The zero-order valence-corrected chi connectivity index (χ0v) is 11.4. The molecule has 0 amide bonds. The topological polar surface area (TPSA) is 63.6 Å². The number of aliphatic hydroxyl groups excluding tert-OH is 1. The Balaban J connectivity index is 2.33. The number of fused-ring (bicyclic) bond motifs is 1. The van der Waals surface area contributed by atoms with Crippen molar-refractivity contribution in [3.63, 3.8) is 0 Å². The number of aliphatic hydroxyl groups is 1. The van der Waals surface area contributed by atoms with E-state index in [-0.39, 0.29) is 23.6 Å². The first-order valence-electron chi connectivity index (χ1n) is 6.67. The van der Waals surface area contributed by atoms with Crippen LogP contribution in [0, 0.1) is 11.8 Å². The Morgan fingerprint density at radius 2 is 2.05 bits per heavy atom. The van der Waals surface area contributed by atoms with Crippen LogP contribution in [0.5, 0.6) is 0 Å². The second kappa shape index (κ2) is 5.29. The van der Waals surface area contributed by atoms with Crippen molar-refractivity contribution in [3.05, 3.63) is 23.8 Å². The number of Topliss-reactive ketones (excluding diaryl/α,β-unsaturated/α-hetero) is 1. The largest absolute Gasteiger partial charge is 0.461 e. The van der Waals surface area contributed by atoms with Crippen molar-refractivity contribution >= 4 is 11.8 Å². The van der Waals surface area contributed by atoms with Crippen LogP contribution in [0.3, 0.4) is 0 Å². The number of hydrogen-bond acceptors (Lipinski definition) is 4. The Morgan fingerprint density at radius 1 is 1.37 bits per heavy atom. The van der Waals surface area contributed by atoms with E-state index in [1.54, 1.807) is 13.0 Å². The summed E-state index contributed by atoms with van der Waals surface area (Å²) < 4.78 is 5.29. The lowest BCUT2D eigenvalue weighted by atomic mass is 9.82. The molecule has 1 aliphatic heterocycles. The molecule has 2 rings (SSSR count). The number of ketones is 1. The molecule has 2 aliphatic rings. The zero-order valence-electron chi connectivity index (χ0n) is 11.4. The van der Waals surface area contributed by atoms with Gasteiger partial charge in [0.2, 0.25) is 0 Å². The summed E-state index contributed by atoms with van der Waals surface area (Å²) in [7, 11) is 0. The van der Waals surface area contributed by atoms with Crippen LogP contribution >= 0.6 is 0 Å². The fourth-order valence-electron chi connectivity index (χ4n) is 2.84. The van der Waals surface area contributed by atoms with Gasteiger partial charge in [-0.2, -0.15) is 0 Å². The molecule has 19 heavy (non-hydrogen) atoms. The maximum atomic E-state index is 11.9. The monoisotopic (exact) mass is 264 g/mol. The summed E-state index contributed by atoms with van der Waals surface area (Å²) in [6, 6.07) is 0. The molecule has 0 aromatic heterocycles. The van der Waals surface area contributed by atoms with Gasteiger partial charge in [-0.05, 0) is 18.9 Å². The third-order valence-corrected chi connectivity index (χ3v) is 4.08. The summed E-state index contributed by atoms with van der Waals surface area (Å²) in [6.07, 6.45) is 1.93. The average molecular weight is 264 g/mol. The summed E-state index contributed by atoms with van der Waals surface area (Å²) in [5.74, 6) is -0.949. The Kier molecular flexibility index (Phi) is 3.90. The minimum Gasteiger partial charge on any atom is -0.461 e. The molecule has 4 atom stereocenters. The highest BCUT2D eigenvalue weighted by Gasteiger charge is 2.45. The summed E-state index contributed by atoms with van der Waals surface area (Å²) in [6.45, 7) is 7.43. The fraction of sp³-hybridized carbons (Fsp3) is 0.600. The van der Waals surface area contributed by atoms with E-state index in [0.717, 1.165) is 5.57 Å². The van der Waals surface area contributed by atoms with Gasteiger partial charge in [0.25, 0.3) is 0 Å². The SMILES string of the molecule is C=C1CC2OC(=O)C(C)C2C(O)C=C(C)CCC1=O. The number of hydrogen-bond donors (Lipinski definition) is 1. The number of allylic oxidation sites excluding steroid dienone is 1. The van der Waals surface area contributed by atoms with Gasteiger partial charge in [0.1, 0.15) is 6.10 Å². The third kappa shape index (κ3) is 2.78. The molecule has 4 unspecified atom stereocenters. The molecule has 1 N–H and O–H groups in total. The first-order valence-corrected chi connectivity index (χ1v) is 6.67. The number of ether oxygens (including phenoxy) is 1. The van der Waals surface area contributed by atoms with Gasteiger partial charge in [-0.3, -0.25) is 9.59 Å². The molecule has 0 radical (unpaired) electrons. The van der Waals surface area contributed by atoms with E-state index in [0.29, 0.717) is 24.8 Å². The lowest BCUT2D eigenvalue weighted by molar-refractivity contribution is -0.144. The van der Waals surface area contributed by atoms with E-state index in [1.165, 1.54) is 0 Å². The highest BCUT2D eigenvalue weighted by atomic mass is 16.6. The van der Waals surface area contributed by atoms with Gasteiger partial charge in [0, 0.05) is 18.8 Å². The lowest BCUT2D eigenvalue weighted by Crippen LogP contribution is -2.32. The molecule has 4 nitrogen and oxygen atoms in total. The molecule has 104 valence electrons. The van der Waals surface area contributed by atoms with E-state index in [9.17, 15) is 14.7 Å². The van der Waals surface area contributed by atoms with Gasteiger partial charge >= 0.3 is 5.97 Å². The molecular weight excluding hydrogens is 244 g/mol. The Bertz CT molecular complexity index is 449. The maximum Gasteiger partial charge on any atom is 0.309 e. The van der Waals surface area contributed by atoms with Crippen molar-refractivity contribution in [1.29, 1.82) is 0 Å². The van der Waals surface area contributed by atoms with Crippen LogP contribution in [-0.2, 0) is 14.3 Å². The van der Waals surface area contributed by atoms with Gasteiger partial charge in [0.05, 0.1) is 12.0 Å². The molecule has 1 aliphatic carbocycles. The predicted molar refractivity (Wildman–Crippen MR) is 70.3 cm³/mol. The van der Waals surface area contributed by atoms with Gasteiger partial charge in [0.15, 0.2) is 5.78 Å². The van der Waals surface area contributed by atoms with Crippen LogP contribution in [0.1, 0.15) is 33.1 Å². The zero-order chi connectivity index (χ0) is 14.2. The van der Waals surface area contributed by atoms with Crippen molar-refractivity contribution in [2.45, 2.75) is 45.3 Å². The highest BCUT2D eigenvalue weighted by Crippen LogP contribution is 2.36. The highest BCUT2D eigenvalue weighted by molar-refractivity contribution is 5.95. The van der Waals surface area contributed by atoms with Crippen LogP contribution in [0.25, 0.3) is 0 Å². The smallest absolute Gasteiger partial charge is 0.309 e.